The maximum absolute atomic E-state index is 12.3. The Hall–Kier alpha value is -1.55. The molecule has 1 aromatic carbocycles. The highest BCUT2D eigenvalue weighted by Crippen LogP contribution is 2.22. The molecule has 1 aliphatic rings. The van der Waals surface area contributed by atoms with Gasteiger partial charge in [-0.25, -0.2) is 0 Å². The Balaban J connectivity index is 1.99. The van der Waals surface area contributed by atoms with Gasteiger partial charge in [-0.2, -0.15) is 0 Å². The zero-order chi connectivity index (χ0) is 13.8. The molecule has 0 atom stereocenters. The number of aromatic hydroxyl groups is 1. The van der Waals surface area contributed by atoms with Gasteiger partial charge in [-0.1, -0.05) is 0 Å². The van der Waals surface area contributed by atoms with Gasteiger partial charge in [0.1, 0.15) is 5.75 Å². The minimum atomic E-state index is 0.0546. The number of ether oxygens (including phenoxy) is 1. The Bertz CT molecular complexity index is 451. The van der Waals surface area contributed by atoms with E-state index in [1.807, 2.05) is 4.90 Å². The Morgan fingerprint density at radius 3 is 2.68 bits per heavy atom. The SMILES string of the molecule is COCC1CCN(C(=O)c2ccc(O)c(C)c2)CC1. The van der Waals surface area contributed by atoms with Crippen molar-refractivity contribution in [3.8, 4) is 5.75 Å². The molecule has 0 spiro atoms. The first-order chi connectivity index (χ1) is 9.11. The molecule has 1 amide bonds. The lowest BCUT2D eigenvalue weighted by molar-refractivity contribution is 0.0613. The summed E-state index contributed by atoms with van der Waals surface area (Å²) in [6.45, 7) is 4.15. The molecule has 0 aliphatic carbocycles. The van der Waals surface area contributed by atoms with Crippen molar-refractivity contribution in [2.45, 2.75) is 19.8 Å². The summed E-state index contributed by atoms with van der Waals surface area (Å²) in [6, 6.07) is 5.02. The van der Waals surface area contributed by atoms with E-state index in [1.54, 1.807) is 32.2 Å². The lowest BCUT2D eigenvalue weighted by Crippen LogP contribution is -2.39. The van der Waals surface area contributed by atoms with Crippen molar-refractivity contribution in [1.82, 2.24) is 4.90 Å². The molecule has 0 unspecified atom stereocenters. The predicted molar refractivity (Wildman–Crippen MR) is 73.3 cm³/mol. The molecule has 1 N–H and O–H groups in total. The molecule has 0 aromatic heterocycles. The number of piperidine rings is 1. The third-order valence-corrected chi connectivity index (χ3v) is 3.75. The zero-order valence-corrected chi connectivity index (χ0v) is 11.6. The molecule has 1 saturated heterocycles. The van der Waals surface area contributed by atoms with Gasteiger partial charge in [-0.15, -0.1) is 0 Å². The second kappa shape index (κ2) is 6.06. The summed E-state index contributed by atoms with van der Waals surface area (Å²) >= 11 is 0. The minimum Gasteiger partial charge on any atom is -0.508 e. The number of phenols is 1. The summed E-state index contributed by atoms with van der Waals surface area (Å²) < 4.78 is 5.16. The van der Waals surface area contributed by atoms with Gasteiger partial charge in [0.05, 0.1) is 0 Å². The number of nitrogens with zero attached hydrogens (tertiary/aromatic N) is 1. The van der Waals surface area contributed by atoms with Gasteiger partial charge in [0.2, 0.25) is 0 Å². The Kier molecular flexibility index (Phi) is 4.43. The Labute approximate surface area is 114 Å². The number of benzene rings is 1. The van der Waals surface area contributed by atoms with Crippen LogP contribution >= 0.6 is 0 Å². The topological polar surface area (TPSA) is 49.8 Å². The van der Waals surface area contributed by atoms with Gasteiger partial charge in [-0.05, 0) is 49.4 Å². The molecule has 4 nitrogen and oxygen atoms in total. The number of hydrogen-bond acceptors (Lipinski definition) is 3. The minimum absolute atomic E-state index is 0.0546. The molecule has 19 heavy (non-hydrogen) atoms. The first-order valence-corrected chi connectivity index (χ1v) is 6.69. The third kappa shape index (κ3) is 3.26. The third-order valence-electron chi connectivity index (χ3n) is 3.75. The number of carbonyl (C=O) groups is 1. The zero-order valence-electron chi connectivity index (χ0n) is 11.6. The number of hydrogen-bond donors (Lipinski definition) is 1. The first-order valence-electron chi connectivity index (χ1n) is 6.69. The van der Waals surface area contributed by atoms with E-state index in [1.165, 1.54) is 0 Å². The number of rotatable bonds is 3. The largest absolute Gasteiger partial charge is 0.508 e. The molecular weight excluding hydrogens is 242 g/mol. The summed E-state index contributed by atoms with van der Waals surface area (Å²) in [6.07, 6.45) is 1.99. The smallest absolute Gasteiger partial charge is 0.253 e. The molecule has 1 heterocycles. The van der Waals surface area contributed by atoms with Gasteiger partial charge in [0.15, 0.2) is 0 Å². The number of carbonyl (C=O) groups excluding carboxylic acids is 1. The Morgan fingerprint density at radius 1 is 1.42 bits per heavy atom. The fourth-order valence-corrected chi connectivity index (χ4v) is 2.51. The van der Waals surface area contributed by atoms with Crippen LogP contribution in [0, 0.1) is 12.8 Å². The second-order valence-electron chi connectivity index (χ2n) is 5.19. The standard InChI is InChI=1S/C15H21NO3/c1-11-9-13(3-4-14(11)17)15(18)16-7-5-12(6-8-16)10-19-2/h3-4,9,12,17H,5-8,10H2,1-2H3. The normalized spacial score (nSPS) is 16.6. The highest BCUT2D eigenvalue weighted by atomic mass is 16.5. The predicted octanol–water partition coefficient (Wildman–Crippen LogP) is 2.20. The van der Waals surface area contributed by atoms with Crippen LogP contribution in [0.15, 0.2) is 18.2 Å². The van der Waals surface area contributed by atoms with Crippen LogP contribution in [0.25, 0.3) is 0 Å². The molecule has 1 fully saturated rings. The molecule has 104 valence electrons. The van der Waals surface area contributed by atoms with Crippen LogP contribution in [0.5, 0.6) is 5.75 Å². The van der Waals surface area contributed by atoms with Crippen LogP contribution in [0.4, 0.5) is 0 Å². The van der Waals surface area contributed by atoms with Crippen LogP contribution < -0.4 is 0 Å². The van der Waals surface area contributed by atoms with E-state index in [0.29, 0.717) is 11.5 Å². The van der Waals surface area contributed by atoms with E-state index in [9.17, 15) is 9.90 Å². The van der Waals surface area contributed by atoms with Crippen molar-refractivity contribution < 1.29 is 14.6 Å². The number of aryl methyl sites for hydroxylation is 1. The van der Waals surface area contributed by atoms with Crippen molar-refractivity contribution in [3.05, 3.63) is 29.3 Å². The maximum atomic E-state index is 12.3. The highest BCUT2D eigenvalue weighted by Gasteiger charge is 2.23. The fraction of sp³-hybridized carbons (Fsp3) is 0.533. The van der Waals surface area contributed by atoms with Gasteiger partial charge in [-0.3, -0.25) is 4.79 Å². The van der Waals surface area contributed by atoms with E-state index >= 15 is 0 Å². The average molecular weight is 263 g/mol. The highest BCUT2D eigenvalue weighted by molar-refractivity contribution is 5.94. The van der Waals surface area contributed by atoms with Crippen LogP contribution in [0.1, 0.15) is 28.8 Å². The van der Waals surface area contributed by atoms with Crippen molar-refractivity contribution in [2.75, 3.05) is 26.8 Å². The van der Waals surface area contributed by atoms with Crippen LogP contribution in [0.3, 0.4) is 0 Å². The summed E-state index contributed by atoms with van der Waals surface area (Å²) in [7, 11) is 1.72. The Morgan fingerprint density at radius 2 is 2.11 bits per heavy atom. The van der Waals surface area contributed by atoms with Gasteiger partial charge in [0.25, 0.3) is 5.91 Å². The van der Waals surface area contributed by atoms with E-state index in [2.05, 4.69) is 0 Å². The van der Waals surface area contributed by atoms with Crippen LogP contribution in [0.2, 0.25) is 0 Å². The molecule has 4 heteroatoms. The molecule has 2 rings (SSSR count). The van der Waals surface area contributed by atoms with E-state index in [4.69, 9.17) is 4.74 Å². The summed E-state index contributed by atoms with van der Waals surface area (Å²) in [5, 5.41) is 9.49. The quantitative estimate of drug-likeness (QED) is 0.909. The monoisotopic (exact) mass is 263 g/mol. The van der Waals surface area contributed by atoms with E-state index < -0.39 is 0 Å². The van der Waals surface area contributed by atoms with Gasteiger partial charge >= 0.3 is 0 Å². The van der Waals surface area contributed by atoms with Gasteiger partial charge in [0, 0.05) is 32.4 Å². The summed E-state index contributed by atoms with van der Waals surface area (Å²) in [4.78, 5) is 14.2. The molecule has 0 saturated carbocycles. The van der Waals surface area contributed by atoms with E-state index in [0.717, 1.165) is 38.1 Å². The van der Waals surface area contributed by atoms with Gasteiger partial charge < -0.3 is 14.7 Å². The van der Waals surface area contributed by atoms with Crippen molar-refractivity contribution in [2.24, 2.45) is 5.92 Å². The fourth-order valence-electron chi connectivity index (χ4n) is 2.51. The maximum Gasteiger partial charge on any atom is 0.253 e. The number of likely N-dealkylation sites (tertiary alicyclic amines) is 1. The number of amides is 1. The lowest BCUT2D eigenvalue weighted by atomic mass is 9.97. The summed E-state index contributed by atoms with van der Waals surface area (Å²) in [5.41, 5.74) is 1.39. The van der Waals surface area contributed by atoms with Crippen molar-refractivity contribution >= 4 is 5.91 Å². The molecule has 1 aromatic rings. The first kappa shape index (κ1) is 13.9. The van der Waals surface area contributed by atoms with Crippen molar-refractivity contribution in [3.63, 3.8) is 0 Å². The molecule has 0 radical (unpaired) electrons. The van der Waals surface area contributed by atoms with Crippen LogP contribution in [-0.2, 0) is 4.74 Å². The molecular formula is C15H21NO3. The van der Waals surface area contributed by atoms with Crippen LogP contribution in [-0.4, -0.2) is 42.7 Å². The number of phenolic OH excluding ortho intramolecular Hbond substituents is 1. The average Bonchev–Trinajstić information content (AvgIpc) is 2.42. The number of methoxy groups -OCH3 is 1. The molecule has 1 aliphatic heterocycles. The van der Waals surface area contributed by atoms with Crippen molar-refractivity contribution in [1.29, 1.82) is 0 Å². The lowest BCUT2D eigenvalue weighted by Gasteiger charge is -2.31. The summed E-state index contributed by atoms with van der Waals surface area (Å²) in [5.74, 6) is 0.852. The molecule has 0 bridgehead atoms. The van der Waals surface area contributed by atoms with E-state index in [-0.39, 0.29) is 11.7 Å². The second-order valence-corrected chi connectivity index (χ2v) is 5.19.